The van der Waals surface area contributed by atoms with Crippen LogP contribution in [-0.2, 0) is 17.6 Å². The van der Waals surface area contributed by atoms with E-state index in [1.807, 2.05) is 18.2 Å². The second-order valence-corrected chi connectivity index (χ2v) is 3.50. The molecule has 0 aromatic heterocycles. The molecule has 1 amide bonds. The van der Waals surface area contributed by atoms with Crippen molar-refractivity contribution >= 4 is 11.8 Å². The number of anilines is 1. The van der Waals surface area contributed by atoms with Crippen LogP contribution in [0.1, 0.15) is 11.1 Å². The fourth-order valence-electron chi connectivity index (χ4n) is 1.85. The van der Waals surface area contributed by atoms with Gasteiger partial charge in [0.1, 0.15) is 6.10 Å². The molecule has 4 N–H and O–H groups in total. The predicted molar refractivity (Wildman–Crippen MR) is 52.7 cm³/mol. The van der Waals surface area contributed by atoms with Gasteiger partial charge in [-0.05, 0) is 23.3 Å². The van der Waals surface area contributed by atoms with Gasteiger partial charge in [-0.1, -0.05) is 6.07 Å². The highest BCUT2D eigenvalue weighted by Crippen LogP contribution is 2.25. The van der Waals surface area contributed by atoms with Crippen LogP contribution in [0.4, 0.5) is 10.5 Å². The summed E-state index contributed by atoms with van der Waals surface area (Å²) in [6, 6.07) is 5.74. The lowest BCUT2D eigenvalue weighted by Gasteiger charge is -2.07. The van der Waals surface area contributed by atoms with Crippen LogP contribution in [0.25, 0.3) is 0 Å². The Hall–Kier alpha value is -1.71. The van der Waals surface area contributed by atoms with Gasteiger partial charge in [-0.3, -0.25) is 0 Å². The van der Waals surface area contributed by atoms with Crippen molar-refractivity contribution in [3.63, 3.8) is 0 Å². The van der Waals surface area contributed by atoms with Gasteiger partial charge in [-0.2, -0.15) is 0 Å². The SMILES string of the molecule is NC(=O)OC1Cc2ccc(N)cc2C1. The van der Waals surface area contributed by atoms with Crippen LogP contribution in [0.5, 0.6) is 0 Å². The zero-order valence-electron chi connectivity index (χ0n) is 7.69. The lowest BCUT2D eigenvalue weighted by molar-refractivity contribution is 0.112. The molecule has 0 bridgehead atoms. The van der Waals surface area contributed by atoms with Crippen molar-refractivity contribution in [2.45, 2.75) is 18.9 Å². The van der Waals surface area contributed by atoms with Gasteiger partial charge in [0.05, 0.1) is 0 Å². The number of primary amides is 1. The van der Waals surface area contributed by atoms with Crippen LogP contribution in [0, 0.1) is 0 Å². The summed E-state index contributed by atoms with van der Waals surface area (Å²) in [6.07, 6.45) is 0.613. The highest BCUT2D eigenvalue weighted by atomic mass is 16.6. The first kappa shape index (κ1) is 8.87. The summed E-state index contributed by atoms with van der Waals surface area (Å²) in [5.74, 6) is 0. The Morgan fingerprint density at radius 3 is 2.79 bits per heavy atom. The highest BCUT2D eigenvalue weighted by Gasteiger charge is 2.23. The van der Waals surface area contributed by atoms with Gasteiger partial charge < -0.3 is 16.2 Å². The summed E-state index contributed by atoms with van der Waals surface area (Å²) in [4.78, 5) is 10.5. The molecule has 0 heterocycles. The molecule has 1 atom stereocenters. The first-order valence-corrected chi connectivity index (χ1v) is 4.48. The quantitative estimate of drug-likeness (QED) is 0.647. The molecule has 1 aliphatic carbocycles. The van der Waals surface area contributed by atoms with Crippen LogP contribution >= 0.6 is 0 Å². The van der Waals surface area contributed by atoms with E-state index in [0.29, 0.717) is 6.42 Å². The van der Waals surface area contributed by atoms with Crippen LogP contribution in [0.2, 0.25) is 0 Å². The smallest absolute Gasteiger partial charge is 0.404 e. The number of hydrogen-bond acceptors (Lipinski definition) is 3. The van der Waals surface area contributed by atoms with E-state index in [2.05, 4.69) is 0 Å². The monoisotopic (exact) mass is 192 g/mol. The van der Waals surface area contributed by atoms with E-state index in [-0.39, 0.29) is 6.10 Å². The van der Waals surface area contributed by atoms with E-state index in [0.717, 1.165) is 17.7 Å². The standard InChI is InChI=1S/C10H12N2O2/c11-8-2-1-6-4-9(14-10(12)13)5-7(6)3-8/h1-3,9H,4-5,11H2,(H2,12,13). The van der Waals surface area contributed by atoms with E-state index in [1.54, 1.807) is 0 Å². The van der Waals surface area contributed by atoms with Crippen molar-refractivity contribution in [1.82, 2.24) is 0 Å². The largest absolute Gasteiger partial charge is 0.446 e. The van der Waals surface area contributed by atoms with E-state index >= 15 is 0 Å². The van der Waals surface area contributed by atoms with E-state index in [4.69, 9.17) is 16.2 Å². The number of carbonyl (C=O) groups is 1. The van der Waals surface area contributed by atoms with Gasteiger partial charge >= 0.3 is 6.09 Å². The molecule has 74 valence electrons. The summed E-state index contributed by atoms with van der Waals surface area (Å²) < 4.78 is 4.93. The fourth-order valence-corrected chi connectivity index (χ4v) is 1.85. The zero-order chi connectivity index (χ0) is 10.1. The molecule has 1 aliphatic rings. The number of ether oxygens (including phenoxy) is 1. The Morgan fingerprint density at radius 1 is 1.36 bits per heavy atom. The average Bonchev–Trinajstić information content (AvgIpc) is 2.44. The first-order valence-electron chi connectivity index (χ1n) is 4.48. The lowest BCUT2D eigenvalue weighted by Crippen LogP contribution is -2.22. The third-order valence-electron chi connectivity index (χ3n) is 2.41. The number of nitrogens with two attached hydrogens (primary N) is 2. The topological polar surface area (TPSA) is 78.3 Å². The van der Waals surface area contributed by atoms with E-state index < -0.39 is 6.09 Å². The molecule has 2 rings (SSSR count). The number of carbonyl (C=O) groups excluding carboxylic acids is 1. The molecular formula is C10H12N2O2. The molecule has 0 saturated carbocycles. The minimum atomic E-state index is -0.712. The summed E-state index contributed by atoms with van der Waals surface area (Å²) in [6.45, 7) is 0. The van der Waals surface area contributed by atoms with Crippen molar-refractivity contribution in [1.29, 1.82) is 0 Å². The zero-order valence-corrected chi connectivity index (χ0v) is 7.69. The van der Waals surface area contributed by atoms with Crippen molar-refractivity contribution in [3.8, 4) is 0 Å². The van der Waals surface area contributed by atoms with E-state index in [9.17, 15) is 4.79 Å². The highest BCUT2D eigenvalue weighted by molar-refractivity contribution is 5.65. The minimum absolute atomic E-state index is 0.121. The molecule has 0 aliphatic heterocycles. The van der Waals surface area contributed by atoms with Crippen molar-refractivity contribution in [2.24, 2.45) is 5.73 Å². The number of amides is 1. The Balaban J connectivity index is 2.14. The van der Waals surface area contributed by atoms with Gasteiger partial charge in [-0.25, -0.2) is 4.79 Å². The predicted octanol–water partition coefficient (Wildman–Crippen LogP) is 0.831. The summed E-state index contributed by atoms with van der Waals surface area (Å²) in [7, 11) is 0. The van der Waals surface area contributed by atoms with Gasteiger partial charge in [-0.15, -0.1) is 0 Å². The molecule has 0 spiro atoms. The molecule has 1 aromatic carbocycles. The maximum absolute atomic E-state index is 10.5. The lowest BCUT2D eigenvalue weighted by atomic mass is 10.1. The molecule has 1 aromatic rings. The molecule has 0 saturated heterocycles. The maximum Gasteiger partial charge on any atom is 0.404 e. The Labute approximate surface area is 81.8 Å². The molecule has 14 heavy (non-hydrogen) atoms. The molecule has 4 heteroatoms. The Kier molecular flexibility index (Phi) is 2.04. The second-order valence-electron chi connectivity index (χ2n) is 3.50. The Morgan fingerprint density at radius 2 is 2.07 bits per heavy atom. The van der Waals surface area contributed by atoms with Crippen LogP contribution in [-0.4, -0.2) is 12.2 Å². The van der Waals surface area contributed by atoms with Crippen molar-refractivity contribution in [2.75, 3.05) is 5.73 Å². The number of nitrogen functional groups attached to an aromatic ring is 1. The molecule has 0 fully saturated rings. The van der Waals surface area contributed by atoms with Gasteiger partial charge in [0.15, 0.2) is 0 Å². The second kappa shape index (κ2) is 3.21. The van der Waals surface area contributed by atoms with Crippen LogP contribution in [0.15, 0.2) is 18.2 Å². The van der Waals surface area contributed by atoms with E-state index in [1.165, 1.54) is 5.56 Å². The number of hydrogen-bond donors (Lipinski definition) is 2. The molecule has 4 nitrogen and oxygen atoms in total. The summed E-state index contributed by atoms with van der Waals surface area (Å²) in [5, 5.41) is 0. The van der Waals surface area contributed by atoms with Crippen LogP contribution in [0.3, 0.4) is 0 Å². The molecular weight excluding hydrogens is 180 g/mol. The van der Waals surface area contributed by atoms with Gasteiger partial charge in [0.2, 0.25) is 0 Å². The minimum Gasteiger partial charge on any atom is -0.446 e. The number of fused-ring (bicyclic) bond motifs is 1. The summed E-state index contributed by atoms with van der Waals surface area (Å²) >= 11 is 0. The van der Waals surface area contributed by atoms with Crippen molar-refractivity contribution < 1.29 is 9.53 Å². The molecule has 1 unspecified atom stereocenters. The fraction of sp³-hybridized carbons (Fsp3) is 0.300. The normalized spacial score (nSPS) is 19.0. The number of rotatable bonds is 1. The average molecular weight is 192 g/mol. The van der Waals surface area contributed by atoms with Crippen LogP contribution < -0.4 is 11.5 Å². The maximum atomic E-state index is 10.5. The summed E-state index contributed by atoms with van der Waals surface area (Å²) in [5.41, 5.74) is 13.7. The number of benzene rings is 1. The third kappa shape index (κ3) is 1.64. The molecule has 0 radical (unpaired) electrons. The Bertz CT molecular complexity index is 376. The van der Waals surface area contributed by atoms with Gasteiger partial charge in [0, 0.05) is 18.5 Å². The van der Waals surface area contributed by atoms with Gasteiger partial charge in [0.25, 0.3) is 0 Å². The first-order chi connectivity index (χ1) is 6.65. The third-order valence-corrected chi connectivity index (χ3v) is 2.41. The van der Waals surface area contributed by atoms with Crippen molar-refractivity contribution in [3.05, 3.63) is 29.3 Å².